The number of rotatable bonds is 9. The van der Waals surface area contributed by atoms with Gasteiger partial charge < -0.3 is 14.4 Å². The topological polar surface area (TPSA) is 42.0 Å². The molecule has 1 fully saturated rings. The van der Waals surface area contributed by atoms with Gasteiger partial charge in [-0.15, -0.1) is 0 Å². The van der Waals surface area contributed by atoms with Gasteiger partial charge in [0.15, 0.2) is 0 Å². The van der Waals surface area contributed by atoms with Crippen LogP contribution in [0.25, 0.3) is 0 Å². The van der Waals surface area contributed by atoms with Crippen LogP contribution in [0.3, 0.4) is 0 Å². The van der Waals surface area contributed by atoms with E-state index < -0.39 is 0 Å². The van der Waals surface area contributed by atoms with Crippen molar-refractivity contribution in [3.63, 3.8) is 0 Å². The third-order valence-corrected chi connectivity index (χ3v) is 6.56. The molecule has 1 atom stereocenters. The maximum atomic E-state index is 13.2. The molecule has 0 aromatic heterocycles. The molecule has 1 aliphatic rings. The van der Waals surface area contributed by atoms with Gasteiger partial charge in [0.1, 0.15) is 17.7 Å². The number of likely N-dealkylation sites (tertiary alicyclic amines) is 1. The molecule has 1 saturated heterocycles. The Balaban J connectivity index is 1.44. The lowest BCUT2D eigenvalue weighted by Crippen LogP contribution is -2.46. The van der Waals surface area contributed by atoms with Gasteiger partial charge in [0.25, 0.3) is 0 Å². The molecule has 3 aromatic rings. The lowest BCUT2D eigenvalue weighted by atomic mass is 9.90. The first-order valence-electron chi connectivity index (χ1n) is 12.2. The normalized spacial score (nSPS) is 15.4. The first-order chi connectivity index (χ1) is 17.1. The largest absolute Gasteiger partial charge is 0.488 e. The molecule has 0 N–H and O–H groups in total. The summed E-state index contributed by atoms with van der Waals surface area (Å²) in [6.07, 6.45) is 1.40. The fraction of sp³-hybridized carbons (Fsp3) is 0.345. The summed E-state index contributed by atoms with van der Waals surface area (Å²) in [6.45, 7) is 3.56. The summed E-state index contributed by atoms with van der Waals surface area (Å²) < 4.78 is 24.8. The van der Waals surface area contributed by atoms with Crippen molar-refractivity contribution in [3.8, 4) is 5.75 Å². The number of nitrogens with zero attached hydrogens (tertiary/aromatic N) is 2. The Labute approximate surface area is 207 Å². The number of hydrogen-bond acceptors (Lipinski definition) is 4. The number of carbonyl (C=O) groups is 1. The summed E-state index contributed by atoms with van der Waals surface area (Å²) in [4.78, 5) is 16.8. The second-order valence-electron chi connectivity index (χ2n) is 9.05. The van der Waals surface area contributed by atoms with E-state index in [1.54, 1.807) is 4.90 Å². The van der Waals surface area contributed by atoms with E-state index in [0.29, 0.717) is 19.0 Å². The van der Waals surface area contributed by atoms with Crippen LogP contribution in [-0.4, -0.2) is 48.7 Å². The fourth-order valence-corrected chi connectivity index (χ4v) is 4.64. The molecule has 1 heterocycles. The zero-order valence-corrected chi connectivity index (χ0v) is 20.2. The van der Waals surface area contributed by atoms with Gasteiger partial charge in [0.2, 0.25) is 0 Å². The van der Waals surface area contributed by atoms with Gasteiger partial charge in [-0.25, -0.2) is 9.18 Å². The van der Waals surface area contributed by atoms with Crippen LogP contribution < -0.4 is 4.74 Å². The van der Waals surface area contributed by atoms with Crippen molar-refractivity contribution in [2.24, 2.45) is 5.92 Å². The Bertz CT molecular complexity index is 1040. The highest BCUT2D eigenvalue weighted by Crippen LogP contribution is 2.27. The molecule has 3 aromatic carbocycles. The third kappa shape index (κ3) is 7.30. The zero-order valence-electron chi connectivity index (χ0n) is 20.2. The van der Waals surface area contributed by atoms with Crippen LogP contribution in [0.2, 0.25) is 0 Å². The van der Waals surface area contributed by atoms with E-state index in [0.717, 1.165) is 49.4 Å². The SMILES string of the molecule is COC(=O)N(Cc1ccccc1)CC(Oc1ccccc1)C1CCN(Cc2ccc(F)cc2)CC1. The van der Waals surface area contributed by atoms with Gasteiger partial charge in [-0.2, -0.15) is 0 Å². The summed E-state index contributed by atoms with van der Waals surface area (Å²) in [5.41, 5.74) is 2.16. The molecule has 0 spiro atoms. The molecule has 1 amide bonds. The van der Waals surface area contributed by atoms with Crippen LogP contribution in [0.1, 0.15) is 24.0 Å². The van der Waals surface area contributed by atoms with Crippen molar-refractivity contribution in [1.29, 1.82) is 0 Å². The molecule has 5 nitrogen and oxygen atoms in total. The molecule has 184 valence electrons. The maximum absolute atomic E-state index is 13.2. The standard InChI is InChI=1S/C29H33FN2O3/c1-34-29(33)32(21-23-8-4-2-5-9-23)22-28(35-27-10-6-3-7-11-27)25-16-18-31(19-17-25)20-24-12-14-26(30)15-13-24/h2-15,25,28H,16-22H2,1H3. The highest BCUT2D eigenvalue weighted by molar-refractivity contribution is 5.67. The number of methoxy groups -OCH3 is 1. The quantitative estimate of drug-likeness (QED) is 0.394. The summed E-state index contributed by atoms with van der Waals surface area (Å²) in [7, 11) is 1.42. The van der Waals surface area contributed by atoms with Crippen LogP contribution >= 0.6 is 0 Å². The molecular weight excluding hydrogens is 443 g/mol. The lowest BCUT2D eigenvalue weighted by molar-refractivity contribution is 0.0406. The van der Waals surface area contributed by atoms with E-state index >= 15 is 0 Å². The van der Waals surface area contributed by atoms with Gasteiger partial charge in [-0.05, 0) is 61.3 Å². The predicted octanol–water partition coefficient (Wildman–Crippen LogP) is 5.75. The molecular formula is C29H33FN2O3. The smallest absolute Gasteiger partial charge is 0.409 e. The number of carbonyl (C=O) groups excluding carboxylic acids is 1. The summed E-state index contributed by atoms with van der Waals surface area (Å²) >= 11 is 0. The zero-order chi connectivity index (χ0) is 24.5. The first-order valence-corrected chi connectivity index (χ1v) is 12.2. The Morgan fingerprint density at radius 3 is 2.20 bits per heavy atom. The molecule has 1 unspecified atom stereocenters. The molecule has 0 bridgehead atoms. The van der Waals surface area contributed by atoms with E-state index in [2.05, 4.69) is 4.90 Å². The molecule has 4 rings (SSSR count). The van der Waals surface area contributed by atoms with Crippen molar-refractivity contribution in [2.45, 2.75) is 32.0 Å². The monoisotopic (exact) mass is 476 g/mol. The molecule has 6 heteroatoms. The molecule has 35 heavy (non-hydrogen) atoms. The minimum atomic E-state index is -0.357. The number of halogens is 1. The number of para-hydroxylation sites is 1. The highest BCUT2D eigenvalue weighted by atomic mass is 19.1. The van der Waals surface area contributed by atoms with E-state index in [9.17, 15) is 9.18 Å². The molecule has 0 saturated carbocycles. The van der Waals surface area contributed by atoms with Crippen LogP contribution in [0.5, 0.6) is 5.75 Å². The average molecular weight is 477 g/mol. The minimum absolute atomic E-state index is 0.159. The number of piperidine rings is 1. The molecule has 0 radical (unpaired) electrons. The van der Waals surface area contributed by atoms with Crippen LogP contribution in [0.4, 0.5) is 9.18 Å². The van der Waals surface area contributed by atoms with Gasteiger partial charge >= 0.3 is 6.09 Å². The number of benzene rings is 3. The Morgan fingerprint density at radius 1 is 0.943 bits per heavy atom. The molecule has 0 aliphatic carbocycles. The van der Waals surface area contributed by atoms with Crippen molar-refractivity contribution < 1.29 is 18.7 Å². The second kappa shape index (κ2) is 12.4. The van der Waals surface area contributed by atoms with Gasteiger partial charge in [-0.1, -0.05) is 60.7 Å². The Hall–Kier alpha value is -3.38. The fourth-order valence-electron chi connectivity index (χ4n) is 4.64. The van der Waals surface area contributed by atoms with Crippen molar-refractivity contribution in [1.82, 2.24) is 9.80 Å². The van der Waals surface area contributed by atoms with Gasteiger partial charge in [0.05, 0.1) is 13.7 Å². The van der Waals surface area contributed by atoms with Gasteiger partial charge in [-0.3, -0.25) is 4.90 Å². The van der Waals surface area contributed by atoms with Crippen LogP contribution in [-0.2, 0) is 17.8 Å². The lowest BCUT2D eigenvalue weighted by Gasteiger charge is -2.38. The van der Waals surface area contributed by atoms with Crippen LogP contribution in [0, 0.1) is 11.7 Å². The molecule has 1 aliphatic heterocycles. The number of amides is 1. The van der Waals surface area contributed by atoms with Crippen molar-refractivity contribution >= 4 is 6.09 Å². The van der Waals surface area contributed by atoms with E-state index in [-0.39, 0.29) is 18.0 Å². The van der Waals surface area contributed by atoms with E-state index in [1.807, 2.05) is 72.8 Å². The number of ether oxygens (including phenoxy) is 2. The number of hydrogen-bond donors (Lipinski definition) is 0. The van der Waals surface area contributed by atoms with E-state index in [4.69, 9.17) is 9.47 Å². The summed E-state index contributed by atoms with van der Waals surface area (Å²) in [6, 6.07) is 26.4. The Kier molecular flexibility index (Phi) is 8.74. The van der Waals surface area contributed by atoms with E-state index in [1.165, 1.54) is 19.2 Å². The Morgan fingerprint density at radius 2 is 1.57 bits per heavy atom. The summed E-state index contributed by atoms with van der Waals surface area (Å²) in [5, 5.41) is 0. The first kappa shape index (κ1) is 24.7. The van der Waals surface area contributed by atoms with Gasteiger partial charge in [0, 0.05) is 19.0 Å². The summed E-state index contributed by atoms with van der Waals surface area (Å²) in [5.74, 6) is 0.886. The second-order valence-corrected chi connectivity index (χ2v) is 9.05. The predicted molar refractivity (Wildman–Crippen MR) is 135 cm³/mol. The van der Waals surface area contributed by atoms with Crippen molar-refractivity contribution in [2.75, 3.05) is 26.7 Å². The highest BCUT2D eigenvalue weighted by Gasteiger charge is 2.31. The average Bonchev–Trinajstić information content (AvgIpc) is 2.90. The van der Waals surface area contributed by atoms with Crippen LogP contribution in [0.15, 0.2) is 84.9 Å². The van der Waals surface area contributed by atoms with Crippen molar-refractivity contribution in [3.05, 3.63) is 102 Å². The third-order valence-electron chi connectivity index (χ3n) is 6.56. The maximum Gasteiger partial charge on any atom is 0.409 e. The minimum Gasteiger partial charge on any atom is -0.488 e.